The maximum absolute atomic E-state index is 12.3. The van der Waals surface area contributed by atoms with Crippen LogP contribution < -0.4 is 16.6 Å². The zero-order chi connectivity index (χ0) is 20.8. The molecule has 7 nitrogen and oxygen atoms in total. The average Bonchev–Trinajstić information content (AvgIpc) is 2.72. The van der Waals surface area contributed by atoms with E-state index in [4.69, 9.17) is 11.1 Å². The van der Waals surface area contributed by atoms with Crippen molar-refractivity contribution in [2.24, 2.45) is 5.73 Å². The minimum atomic E-state index is -0.191. The number of nitrogens with two attached hydrogens (primary N) is 1. The molecule has 1 heterocycles. The molecule has 0 saturated heterocycles. The zero-order valence-electron chi connectivity index (χ0n) is 15.7. The van der Waals surface area contributed by atoms with E-state index in [-0.39, 0.29) is 23.1 Å². The Bertz CT molecular complexity index is 1090. The predicted octanol–water partition coefficient (Wildman–Crippen LogP) is 2.39. The molecule has 3 aromatic rings. The molecule has 7 heteroatoms. The lowest BCUT2D eigenvalue weighted by Gasteiger charge is -2.09. The monoisotopic (exact) mass is 390 g/mol. The minimum absolute atomic E-state index is 0.0527. The van der Waals surface area contributed by atoms with Crippen LogP contribution >= 0.6 is 0 Å². The van der Waals surface area contributed by atoms with Crippen LogP contribution in [-0.2, 0) is 6.42 Å². The Kier molecular flexibility index (Phi) is 6.09. The van der Waals surface area contributed by atoms with Crippen molar-refractivity contribution in [1.29, 1.82) is 5.41 Å². The highest BCUT2D eigenvalue weighted by Gasteiger charge is 2.08. The first-order chi connectivity index (χ1) is 13.9. The Morgan fingerprint density at radius 1 is 1.03 bits per heavy atom. The highest BCUT2D eigenvalue weighted by Crippen LogP contribution is 2.20. The molecule has 1 amide bonds. The van der Waals surface area contributed by atoms with E-state index < -0.39 is 0 Å². The van der Waals surface area contributed by atoms with Gasteiger partial charge in [0.25, 0.3) is 5.91 Å². The van der Waals surface area contributed by atoms with Crippen LogP contribution in [0.5, 0.6) is 5.75 Å². The highest BCUT2D eigenvalue weighted by atomic mass is 16.3. The average molecular weight is 390 g/mol. The third kappa shape index (κ3) is 5.10. The lowest BCUT2D eigenvalue weighted by atomic mass is 10.0. The van der Waals surface area contributed by atoms with Gasteiger partial charge in [-0.2, -0.15) is 0 Å². The molecule has 29 heavy (non-hydrogen) atoms. The summed E-state index contributed by atoms with van der Waals surface area (Å²) in [5.41, 5.74) is 8.71. The van der Waals surface area contributed by atoms with Gasteiger partial charge in [0.2, 0.25) is 5.56 Å². The molecular weight excluding hydrogens is 368 g/mol. The number of aromatic hydroxyl groups is 1. The molecule has 0 atom stereocenters. The van der Waals surface area contributed by atoms with Gasteiger partial charge in [-0.3, -0.25) is 15.0 Å². The number of hydrogen-bond donors (Lipinski definition) is 5. The van der Waals surface area contributed by atoms with Crippen LogP contribution in [0.2, 0.25) is 0 Å². The van der Waals surface area contributed by atoms with Gasteiger partial charge >= 0.3 is 0 Å². The molecule has 0 aliphatic heterocycles. The Hall–Kier alpha value is -3.87. The van der Waals surface area contributed by atoms with Crippen LogP contribution in [0, 0.1) is 5.41 Å². The van der Waals surface area contributed by atoms with Gasteiger partial charge in [0.1, 0.15) is 11.6 Å². The molecule has 6 N–H and O–H groups in total. The summed E-state index contributed by atoms with van der Waals surface area (Å²) in [6.45, 7) is 0.443. The molecule has 0 saturated carbocycles. The molecule has 0 spiro atoms. The lowest BCUT2D eigenvalue weighted by Crippen LogP contribution is -2.24. The van der Waals surface area contributed by atoms with Gasteiger partial charge < -0.3 is 21.1 Å². The molecule has 0 fully saturated rings. The number of nitrogen functional groups attached to an aromatic ring is 1. The van der Waals surface area contributed by atoms with Crippen molar-refractivity contribution in [2.45, 2.75) is 12.8 Å². The van der Waals surface area contributed by atoms with E-state index >= 15 is 0 Å². The van der Waals surface area contributed by atoms with Gasteiger partial charge in [0.15, 0.2) is 0 Å². The molecule has 0 radical (unpaired) electrons. The van der Waals surface area contributed by atoms with E-state index in [2.05, 4.69) is 10.3 Å². The number of pyridine rings is 1. The molecule has 2 aromatic carbocycles. The van der Waals surface area contributed by atoms with E-state index in [0.717, 1.165) is 11.1 Å². The Morgan fingerprint density at radius 2 is 1.76 bits per heavy atom. The van der Waals surface area contributed by atoms with Gasteiger partial charge in [-0.25, -0.2) is 0 Å². The molecule has 0 aliphatic rings. The number of aromatic amines is 1. The number of phenols is 1. The number of benzene rings is 2. The van der Waals surface area contributed by atoms with Gasteiger partial charge in [0, 0.05) is 29.9 Å². The van der Waals surface area contributed by atoms with E-state index in [1.807, 2.05) is 0 Å². The number of carbonyl (C=O) groups excluding carboxylic acids is 1. The van der Waals surface area contributed by atoms with Crippen LogP contribution in [0.25, 0.3) is 11.1 Å². The summed E-state index contributed by atoms with van der Waals surface area (Å²) < 4.78 is 0. The van der Waals surface area contributed by atoms with Crippen LogP contribution in [0.1, 0.15) is 27.9 Å². The number of aromatic nitrogens is 1. The van der Waals surface area contributed by atoms with Crippen molar-refractivity contribution in [1.82, 2.24) is 10.3 Å². The molecule has 3 rings (SSSR count). The normalized spacial score (nSPS) is 10.5. The number of aryl methyl sites for hydroxylation is 1. The van der Waals surface area contributed by atoms with Gasteiger partial charge in [-0.1, -0.05) is 12.1 Å². The van der Waals surface area contributed by atoms with Crippen molar-refractivity contribution < 1.29 is 9.90 Å². The minimum Gasteiger partial charge on any atom is -0.508 e. The molecular formula is C22H22N4O3. The molecule has 0 unspecified atom stereocenters. The topological polar surface area (TPSA) is 132 Å². The number of hydrogen-bond acceptors (Lipinski definition) is 4. The van der Waals surface area contributed by atoms with Gasteiger partial charge in [0.05, 0.1) is 0 Å². The maximum atomic E-state index is 12.3. The second-order valence-corrected chi connectivity index (χ2v) is 6.64. The summed E-state index contributed by atoms with van der Waals surface area (Å²) in [5.74, 6) is -0.0936. The summed E-state index contributed by atoms with van der Waals surface area (Å²) in [4.78, 5) is 26.3. The van der Waals surface area contributed by atoms with E-state index in [0.29, 0.717) is 36.1 Å². The predicted molar refractivity (Wildman–Crippen MR) is 112 cm³/mol. The number of amides is 1. The van der Waals surface area contributed by atoms with Crippen LogP contribution in [0.4, 0.5) is 0 Å². The number of rotatable bonds is 7. The van der Waals surface area contributed by atoms with Gasteiger partial charge in [-0.05, 0) is 65.9 Å². The van der Waals surface area contributed by atoms with Crippen molar-refractivity contribution in [3.05, 3.63) is 87.8 Å². The third-order valence-corrected chi connectivity index (χ3v) is 4.55. The van der Waals surface area contributed by atoms with Crippen LogP contribution in [-0.4, -0.2) is 28.4 Å². The summed E-state index contributed by atoms with van der Waals surface area (Å²) in [5, 5.41) is 20.2. The Labute approximate surface area is 167 Å². The fraction of sp³-hybridized carbons (Fsp3) is 0.136. The van der Waals surface area contributed by atoms with Crippen LogP contribution in [0.3, 0.4) is 0 Å². The van der Waals surface area contributed by atoms with E-state index in [9.17, 15) is 14.7 Å². The Morgan fingerprint density at radius 3 is 2.45 bits per heavy atom. The van der Waals surface area contributed by atoms with Crippen molar-refractivity contribution in [3.63, 3.8) is 0 Å². The fourth-order valence-electron chi connectivity index (χ4n) is 2.97. The summed E-state index contributed by atoms with van der Waals surface area (Å²) >= 11 is 0. The third-order valence-electron chi connectivity index (χ3n) is 4.55. The van der Waals surface area contributed by atoms with Crippen molar-refractivity contribution in [2.75, 3.05) is 6.54 Å². The zero-order valence-corrected chi connectivity index (χ0v) is 15.7. The first-order valence-corrected chi connectivity index (χ1v) is 9.18. The number of carbonyl (C=O) groups is 1. The first kappa shape index (κ1) is 19.9. The van der Waals surface area contributed by atoms with Gasteiger partial charge in [-0.15, -0.1) is 0 Å². The first-order valence-electron chi connectivity index (χ1n) is 9.18. The SMILES string of the molecule is N=C(N)c1ccc(O)c(CCCNC(=O)c2ccc(-c3cc[nH]c(=O)c3)cc2)c1. The van der Waals surface area contributed by atoms with Crippen molar-refractivity contribution >= 4 is 11.7 Å². The maximum Gasteiger partial charge on any atom is 0.251 e. The largest absolute Gasteiger partial charge is 0.508 e. The van der Waals surface area contributed by atoms with E-state index in [1.54, 1.807) is 48.7 Å². The molecule has 0 aliphatic carbocycles. The molecule has 148 valence electrons. The highest BCUT2D eigenvalue weighted by molar-refractivity contribution is 5.95. The lowest BCUT2D eigenvalue weighted by molar-refractivity contribution is 0.0953. The number of amidine groups is 1. The number of phenolic OH excluding ortho intramolecular Hbond substituents is 1. The Balaban J connectivity index is 1.54. The molecule has 1 aromatic heterocycles. The quantitative estimate of drug-likeness (QED) is 0.241. The summed E-state index contributed by atoms with van der Waals surface area (Å²) in [6, 6.07) is 15.1. The fourth-order valence-corrected chi connectivity index (χ4v) is 2.97. The second kappa shape index (κ2) is 8.88. The van der Waals surface area contributed by atoms with Crippen LogP contribution in [0.15, 0.2) is 65.6 Å². The second-order valence-electron chi connectivity index (χ2n) is 6.64. The smallest absolute Gasteiger partial charge is 0.251 e. The number of nitrogens with one attached hydrogen (secondary N) is 3. The summed E-state index contributed by atoms with van der Waals surface area (Å²) in [7, 11) is 0. The summed E-state index contributed by atoms with van der Waals surface area (Å²) in [6.07, 6.45) is 2.77. The number of H-pyrrole nitrogens is 1. The molecule has 0 bridgehead atoms. The standard InChI is InChI=1S/C22H22N4O3/c23-21(24)18-7-8-19(27)17(12-18)2-1-10-26-22(29)15-5-3-14(4-6-15)16-9-11-25-20(28)13-16/h3-9,11-13,27H,1-2,10H2,(H3,23,24)(H,25,28)(H,26,29). The van der Waals surface area contributed by atoms with Crippen molar-refractivity contribution in [3.8, 4) is 16.9 Å². The van der Waals surface area contributed by atoms with E-state index in [1.165, 1.54) is 12.1 Å².